The maximum absolute atomic E-state index is 2.45. The van der Waals surface area contributed by atoms with Crippen LogP contribution in [-0.4, -0.2) is 12.8 Å². The van der Waals surface area contributed by atoms with Crippen molar-refractivity contribution in [3.05, 3.63) is 0 Å². The number of alkyl halides is 3. The van der Waals surface area contributed by atoms with E-state index >= 15 is 0 Å². The van der Waals surface area contributed by atoms with Gasteiger partial charge in [-0.3, -0.25) is 0 Å². The van der Waals surface area contributed by atoms with Gasteiger partial charge in [-0.2, -0.15) is 0 Å². The van der Waals surface area contributed by atoms with Crippen LogP contribution in [0.4, 0.5) is 0 Å². The summed E-state index contributed by atoms with van der Waals surface area (Å²) in [7, 11) is 0. The zero-order valence-corrected chi connectivity index (χ0v) is 9.60. The maximum Gasteiger partial charge on any atom is 0.0289 e. The Morgan fingerprint density at radius 2 is 1.50 bits per heavy atom. The zero-order valence-electron chi connectivity index (χ0n) is 3.13. The van der Waals surface area contributed by atoms with Gasteiger partial charge in [0, 0.05) is 12.8 Å². The second-order valence-electron chi connectivity index (χ2n) is 0.906. The Morgan fingerprint density at radius 3 is 1.50 bits per heavy atom. The summed E-state index contributed by atoms with van der Waals surface area (Å²) < 4.78 is 3.44. The lowest BCUT2D eigenvalue weighted by Crippen LogP contribution is -1.97. The van der Waals surface area contributed by atoms with Crippen LogP contribution >= 0.6 is 67.8 Å². The quantitative estimate of drug-likeness (QED) is 0.475. The van der Waals surface area contributed by atoms with Crippen molar-refractivity contribution >= 4 is 67.8 Å². The summed E-state index contributed by atoms with van der Waals surface area (Å²) in [5.41, 5.74) is 0. The highest BCUT2D eigenvalue weighted by Crippen LogP contribution is 2.06. The van der Waals surface area contributed by atoms with Crippen molar-refractivity contribution in [1.29, 1.82) is 0 Å². The SMILES string of the molecule is ICC(I)CI. The van der Waals surface area contributed by atoms with Crippen LogP contribution in [0, 0.1) is 0 Å². The second kappa shape index (κ2) is 5.33. The molecule has 0 aliphatic carbocycles. The standard InChI is InChI=1S/C3H5I3/c4-1-3(6)2-5/h3H,1-2H2. The smallest absolute Gasteiger partial charge is 0.0289 e. The van der Waals surface area contributed by atoms with Crippen LogP contribution in [0.15, 0.2) is 0 Å². The lowest BCUT2D eigenvalue weighted by molar-refractivity contribution is 1.25. The first-order valence-electron chi connectivity index (χ1n) is 1.57. The molecule has 0 saturated carbocycles. The Kier molecular flexibility index (Phi) is 7.27. The monoisotopic (exact) mass is 422 g/mol. The second-order valence-corrected chi connectivity index (χ2v) is 4.43. The Bertz CT molecular complexity index is 25.2. The minimum absolute atomic E-state index is 0.879. The van der Waals surface area contributed by atoms with Gasteiger partial charge in [-0.25, -0.2) is 0 Å². The molecular weight excluding hydrogens is 417 g/mol. The summed E-state index contributed by atoms with van der Waals surface area (Å²) in [6.45, 7) is 0. The number of halogens is 3. The topological polar surface area (TPSA) is 0 Å². The lowest BCUT2D eigenvalue weighted by Gasteiger charge is -1.93. The molecule has 6 heavy (non-hydrogen) atoms. The first-order valence-corrected chi connectivity index (χ1v) is 5.87. The van der Waals surface area contributed by atoms with E-state index in [-0.39, 0.29) is 0 Å². The van der Waals surface area contributed by atoms with Crippen molar-refractivity contribution in [3.63, 3.8) is 0 Å². The van der Waals surface area contributed by atoms with Crippen LogP contribution in [0.1, 0.15) is 0 Å². The third kappa shape index (κ3) is 4.35. The van der Waals surface area contributed by atoms with E-state index in [9.17, 15) is 0 Å². The van der Waals surface area contributed by atoms with Gasteiger partial charge in [-0.05, 0) is 0 Å². The van der Waals surface area contributed by atoms with Gasteiger partial charge in [0.05, 0.1) is 0 Å². The fourth-order valence-electron chi connectivity index (χ4n) is 0.0412. The summed E-state index contributed by atoms with van der Waals surface area (Å²) in [5.74, 6) is 0. The van der Waals surface area contributed by atoms with Gasteiger partial charge < -0.3 is 0 Å². The molecule has 0 spiro atoms. The molecule has 0 aliphatic heterocycles. The average molecular weight is 422 g/mol. The van der Waals surface area contributed by atoms with E-state index in [1.165, 1.54) is 8.86 Å². The van der Waals surface area contributed by atoms with Gasteiger partial charge in [-0.1, -0.05) is 67.8 Å². The molecule has 0 heterocycles. The summed E-state index contributed by atoms with van der Waals surface area (Å²) in [6.07, 6.45) is 0. The summed E-state index contributed by atoms with van der Waals surface area (Å²) in [5, 5.41) is 0. The first-order chi connectivity index (χ1) is 2.81. The zero-order chi connectivity index (χ0) is 4.99. The Balaban J connectivity index is 2.75. The Morgan fingerprint density at radius 1 is 1.17 bits per heavy atom. The van der Waals surface area contributed by atoms with E-state index in [0.717, 1.165) is 3.92 Å². The molecule has 0 aliphatic rings. The van der Waals surface area contributed by atoms with E-state index in [1.54, 1.807) is 0 Å². The van der Waals surface area contributed by atoms with Gasteiger partial charge in [0.15, 0.2) is 0 Å². The molecular formula is C3H5I3. The van der Waals surface area contributed by atoms with Crippen molar-refractivity contribution in [1.82, 2.24) is 0 Å². The molecule has 0 bridgehead atoms. The van der Waals surface area contributed by atoms with E-state index in [1.807, 2.05) is 0 Å². The van der Waals surface area contributed by atoms with Crippen molar-refractivity contribution < 1.29 is 0 Å². The van der Waals surface area contributed by atoms with Crippen LogP contribution in [-0.2, 0) is 0 Å². The van der Waals surface area contributed by atoms with Crippen LogP contribution < -0.4 is 0 Å². The van der Waals surface area contributed by atoms with Crippen molar-refractivity contribution in [2.45, 2.75) is 3.92 Å². The van der Waals surface area contributed by atoms with Crippen molar-refractivity contribution in [2.75, 3.05) is 8.86 Å². The van der Waals surface area contributed by atoms with Gasteiger partial charge in [0.25, 0.3) is 0 Å². The highest BCUT2D eigenvalue weighted by molar-refractivity contribution is 14.1. The third-order valence-corrected chi connectivity index (χ3v) is 6.71. The van der Waals surface area contributed by atoms with Gasteiger partial charge in [0.1, 0.15) is 0 Å². The molecule has 0 aromatic carbocycles. The van der Waals surface area contributed by atoms with Gasteiger partial charge in [0.2, 0.25) is 0 Å². The fourth-order valence-corrected chi connectivity index (χ4v) is 1.86. The van der Waals surface area contributed by atoms with Gasteiger partial charge in [-0.15, -0.1) is 0 Å². The highest BCUT2D eigenvalue weighted by Gasteiger charge is 1.93. The molecule has 0 radical (unpaired) electrons. The molecule has 0 aromatic heterocycles. The van der Waals surface area contributed by atoms with E-state index in [2.05, 4.69) is 67.8 Å². The molecule has 0 atom stereocenters. The largest absolute Gasteiger partial charge is 0.0852 e. The van der Waals surface area contributed by atoms with Crippen molar-refractivity contribution in [3.8, 4) is 0 Å². The number of rotatable bonds is 2. The van der Waals surface area contributed by atoms with Crippen LogP contribution in [0.5, 0.6) is 0 Å². The van der Waals surface area contributed by atoms with E-state index in [0.29, 0.717) is 0 Å². The molecule has 3 heteroatoms. The fraction of sp³-hybridized carbons (Fsp3) is 1.00. The molecule has 0 saturated heterocycles. The van der Waals surface area contributed by atoms with Crippen LogP contribution in [0.25, 0.3) is 0 Å². The molecule has 0 amide bonds. The van der Waals surface area contributed by atoms with Crippen LogP contribution in [0.2, 0.25) is 0 Å². The van der Waals surface area contributed by atoms with E-state index < -0.39 is 0 Å². The minimum Gasteiger partial charge on any atom is -0.0852 e. The van der Waals surface area contributed by atoms with E-state index in [4.69, 9.17) is 0 Å². The molecule has 38 valence electrons. The molecule has 0 N–H and O–H groups in total. The molecule has 0 fully saturated rings. The Labute approximate surface area is 79.3 Å². The normalized spacial score (nSPS) is 10.0. The minimum atomic E-state index is 0.879. The maximum atomic E-state index is 2.45. The first kappa shape index (κ1) is 8.19. The highest BCUT2D eigenvalue weighted by atomic mass is 127. The number of hydrogen-bond acceptors (Lipinski definition) is 0. The van der Waals surface area contributed by atoms with Crippen molar-refractivity contribution in [2.24, 2.45) is 0 Å². The third-order valence-electron chi connectivity index (χ3n) is 0.335. The number of hydrogen-bond donors (Lipinski definition) is 0. The lowest BCUT2D eigenvalue weighted by atomic mass is 10.6. The predicted octanol–water partition coefficient (Wildman–Crippen LogP) is 2.66. The molecule has 0 unspecified atom stereocenters. The van der Waals surface area contributed by atoms with Gasteiger partial charge >= 0.3 is 0 Å². The molecule has 0 rings (SSSR count). The average Bonchev–Trinajstić information content (AvgIpc) is 1.65. The summed E-state index contributed by atoms with van der Waals surface area (Å²) in [4.78, 5) is 0. The Hall–Kier alpha value is 2.19. The molecule has 0 nitrogen and oxygen atoms in total. The molecule has 0 aromatic rings. The van der Waals surface area contributed by atoms with Crippen LogP contribution in [0.3, 0.4) is 0 Å². The predicted molar refractivity (Wildman–Crippen MR) is 55.6 cm³/mol. The summed E-state index contributed by atoms with van der Waals surface area (Å²) in [6, 6.07) is 0. The summed E-state index contributed by atoms with van der Waals surface area (Å²) >= 11 is 7.26.